The van der Waals surface area contributed by atoms with Crippen LogP contribution >= 0.6 is 0 Å². The summed E-state index contributed by atoms with van der Waals surface area (Å²) in [6.07, 6.45) is 6.38. The number of nitrogens with zero attached hydrogens (tertiary/aromatic N) is 3. The molecule has 0 unspecified atom stereocenters. The summed E-state index contributed by atoms with van der Waals surface area (Å²) in [7, 11) is 0. The van der Waals surface area contributed by atoms with Crippen molar-refractivity contribution >= 4 is 11.9 Å². The van der Waals surface area contributed by atoms with Gasteiger partial charge in [-0.05, 0) is 47.4 Å². The van der Waals surface area contributed by atoms with Gasteiger partial charge in [-0.2, -0.15) is 0 Å². The molecule has 37 heavy (non-hydrogen) atoms. The Hall–Kier alpha value is -2.86. The van der Waals surface area contributed by atoms with E-state index in [9.17, 15) is 9.59 Å². The number of likely N-dealkylation sites (tertiary alicyclic amines) is 1. The van der Waals surface area contributed by atoms with Gasteiger partial charge in [0.25, 0.3) is 0 Å². The highest BCUT2D eigenvalue weighted by Crippen LogP contribution is 2.46. The minimum absolute atomic E-state index is 0.0703. The molecule has 0 spiro atoms. The molecule has 3 aliphatic rings. The fourth-order valence-corrected chi connectivity index (χ4v) is 6.33. The molecule has 2 heterocycles. The van der Waals surface area contributed by atoms with Gasteiger partial charge in [0.2, 0.25) is 5.91 Å². The summed E-state index contributed by atoms with van der Waals surface area (Å²) < 4.78 is 0. The first kappa shape index (κ1) is 25.8. The summed E-state index contributed by atoms with van der Waals surface area (Å²) in [6, 6.07) is 17.1. The molecule has 6 nitrogen and oxygen atoms in total. The third-order valence-electron chi connectivity index (χ3n) is 8.24. The van der Waals surface area contributed by atoms with Crippen LogP contribution in [-0.4, -0.2) is 71.9 Å². The van der Waals surface area contributed by atoms with Gasteiger partial charge in [0, 0.05) is 39.3 Å². The van der Waals surface area contributed by atoms with E-state index in [0.717, 1.165) is 39.0 Å². The predicted octanol–water partition coefficient (Wildman–Crippen LogP) is 5.29. The molecular weight excluding hydrogens is 460 g/mol. The number of nitrogens with one attached hydrogen (secondary N) is 1. The van der Waals surface area contributed by atoms with Gasteiger partial charge >= 0.3 is 6.03 Å². The molecule has 2 saturated heterocycles. The van der Waals surface area contributed by atoms with Gasteiger partial charge in [0.05, 0.1) is 6.04 Å². The highest BCUT2D eigenvalue weighted by molar-refractivity contribution is 5.87. The lowest BCUT2D eigenvalue weighted by molar-refractivity contribution is -0.135. The number of fused-ring (bicyclic) bond motifs is 3. The van der Waals surface area contributed by atoms with Crippen molar-refractivity contribution in [3.63, 3.8) is 0 Å². The van der Waals surface area contributed by atoms with Crippen molar-refractivity contribution in [2.24, 2.45) is 5.92 Å². The average molecular weight is 503 g/mol. The maximum Gasteiger partial charge on any atom is 0.318 e. The smallest absolute Gasteiger partial charge is 0.318 e. The highest BCUT2D eigenvalue weighted by atomic mass is 16.2. The van der Waals surface area contributed by atoms with Gasteiger partial charge in [0.15, 0.2) is 0 Å². The molecule has 5 rings (SSSR count). The molecule has 2 aromatic rings. The molecule has 3 amide bonds. The number of piperazine rings is 1. The number of amides is 3. The Morgan fingerprint density at radius 2 is 1.30 bits per heavy atom. The van der Waals surface area contributed by atoms with Crippen molar-refractivity contribution in [2.45, 2.75) is 64.5 Å². The van der Waals surface area contributed by atoms with Crippen molar-refractivity contribution in [1.29, 1.82) is 0 Å². The average Bonchev–Trinajstić information content (AvgIpc) is 3.22. The van der Waals surface area contributed by atoms with Crippen LogP contribution in [0.3, 0.4) is 0 Å². The summed E-state index contributed by atoms with van der Waals surface area (Å²) in [5, 5.41) is 3.14. The van der Waals surface area contributed by atoms with Crippen LogP contribution in [0.1, 0.15) is 69.5 Å². The van der Waals surface area contributed by atoms with E-state index >= 15 is 0 Å². The second kappa shape index (κ2) is 11.7. The van der Waals surface area contributed by atoms with Crippen LogP contribution in [0, 0.1) is 5.92 Å². The molecule has 2 fully saturated rings. The molecule has 0 aromatic heterocycles. The summed E-state index contributed by atoms with van der Waals surface area (Å²) in [4.78, 5) is 33.2. The van der Waals surface area contributed by atoms with Gasteiger partial charge in [0.1, 0.15) is 6.04 Å². The maximum atomic E-state index is 13.7. The monoisotopic (exact) mass is 502 g/mol. The van der Waals surface area contributed by atoms with Gasteiger partial charge in [-0.25, -0.2) is 4.79 Å². The predicted molar refractivity (Wildman–Crippen MR) is 148 cm³/mol. The summed E-state index contributed by atoms with van der Waals surface area (Å²) in [5.74, 6) is 0.398. The van der Waals surface area contributed by atoms with Crippen molar-refractivity contribution in [1.82, 2.24) is 20.0 Å². The molecule has 0 saturated carbocycles. The highest BCUT2D eigenvalue weighted by Gasteiger charge is 2.36. The van der Waals surface area contributed by atoms with Crippen LogP contribution in [0.5, 0.6) is 0 Å². The Kier molecular flexibility index (Phi) is 8.14. The molecule has 1 aliphatic carbocycles. The normalized spacial score (nSPS) is 19.6. The first-order chi connectivity index (χ1) is 18.0. The maximum absolute atomic E-state index is 13.7. The standard InChI is InChI=1S/C31H42N4O2/c1-23(2)22-28(32-31(37)35-16-10-4-3-5-11-17-35)30(36)34-20-18-33(19-21-34)29-26-14-8-6-12-24(26)25-13-7-9-15-27(25)29/h6-9,12-15,23,28-29H,3-5,10-11,16-22H2,1-2H3,(H,32,37)/t28-/m0/s1. The number of urea groups is 1. The summed E-state index contributed by atoms with van der Waals surface area (Å²) in [5.41, 5.74) is 5.37. The number of carbonyl (C=O) groups excluding carboxylic acids is 2. The van der Waals surface area contributed by atoms with Gasteiger partial charge in [-0.15, -0.1) is 0 Å². The number of carbonyl (C=O) groups is 2. The first-order valence-electron chi connectivity index (χ1n) is 14.3. The van der Waals surface area contributed by atoms with Crippen molar-refractivity contribution < 1.29 is 9.59 Å². The molecule has 0 radical (unpaired) electrons. The number of benzene rings is 2. The third kappa shape index (κ3) is 5.69. The lowest BCUT2D eigenvalue weighted by Gasteiger charge is -2.40. The topological polar surface area (TPSA) is 55.9 Å². The van der Waals surface area contributed by atoms with E-state index in [1.54, 1.807) is 0 Å². The number of hydrogen-bond donors (Lipinski definition) is 1. The van der Waals surface area contributed by atoms with E-state index in [2.05, 4.69) is 72.6 Å². The van der Waals surface area contributed by atoms with Crippen LogP contribution in [0.25, 0.3) is 11.1 Å². The molecule has 0 bridgehead atoms. The summed E-state index contributed by atoms with van der Waals surface area (Å²) >= 11 is 0. The van der Waals surface area contributed by atoms with E-state index < -0.39 is 6.04 Å². The Morgan fingerprint density at radius 3 is 1.86 bits per heavy atom. The largest absolute Gasteiger partial charge is 0.338 e. The Balaban J connectivity index is 1.24. The fraction of sp³-hybridized carbons (Fsp3) is 0.548. The van der Waals surface area contributed by atoms with E-state index in [4.69, 9.17) is 0 Å². The number of hydrogen-bond acceptors (Lipinski definition) is 3. The zero-order valence-corrected chi connectivity index (χ0v) is 22.5. The molecular formula is C31H42N4O2. The third-order valence-corrected chi connectivity index (χ3v) is 8.24. The van der Waals surface area contributed by atoms with Crippen LogP contribution in [0.4, 0.5) is 4.79 Å². The summed E-state index contributed by atoms with van der Waals surface area (Å²) in [6.45, 7) is 8.85. The minimum atomic E-state index is -0.461. The fourth-order valence-electron chi connectivity index (χ4n) is 6.33. The lowest BCUT2D eigenvalue weighted by Crippen LogP contribution is -2.57. The Bertz CT molecular complexity index is 1040. The van der Waals surface area contributed by atoms with Crippen molar-refractivity contribution in [2.75, 3.05) is 39.3 Å². The van der Waals surface area contributed by atoms with Crippen LogP contribution < -0.4 is 5.32 Å². The van der Waals surface area contributed by atoms with Crippen LogP contribution in [0.15, 0.2) is 48.5 Å². The quantitative estimate of drug-likeness (QED) is 0.604. The van der Waals surface area contributed by atoms with Crippen molar-refractivity contribution in [3.05, 3.63) is 59.7 Å². The zero-order chi connectivity index (χ0) is 25.8. The van der Waals surface area contributed by atoms with E-state index in [1.165, 1.54) is 41.5 Å². The Labute approximate surface area is 222 Å². The molecule has 2 aliphatic heterocycles. The number of rotatable bonds is 5. The van der Waals surface area contributed by atoms with E-state index in [0.29, 0.717) is 25.4 Å². The van der Waals surface area contributed by atoms with Crippen LogP contribution in [-0.2, 0) is 4.79 Å². The SMILES string of the molecule is CC(C)C[C@H](NC(=O)N1CCCCCCC1)C(=O)N1CCN(C2c3ccccc3-c3ccccc32)CC1. The lowest BCUT2D eigenvalue weighted by atomic mass is 10.0. The first-order valence-corrected chi connectivity index (χ1v) is 14.3. The molecule has 2 aromatic carbocycles. The molecule has 1 atom stereocenters. The van der Waals surface area contributed by atoms with Gasteiger partial charge in [-0.3, -0.25) is 9.69 Å². The second-order valence-corrected chi connectivity index (χ2v) is 11.3. The van der Waals surface area contributed by atoms with Gasteiger partial charge in [-0.1, -0.05) is 81.6 Å². The van der Waals surface area contributed by atoms with E-state index in [-0.39, 0.29) is 18.0 Å². The Morgan fingerprint density at radius 1 is 0.757 bits per heavy atom. The van der Waals surface area contributed by atoms with Crippen molar-refractivity contribution in [3.8, 4) is 11.1 Å². The second-order valence-electron chi connectivity index (χ2n) is 11.3. The zero-order valence-electron chi connectivity index (χ0n) is 22.5. The molecule has 6 heteroatoms. The molecule has 1 N–H and O–H groups in total. The van der Waals surface area contributed by atoms with Crippen LogP contribution in [0.2, 0.25) is 0 Å². The minimum Gasteiger partial charge on any atom is -0.338 e. The van der Waals surface area contributed by atoms with Gasteiger partial charge < -0.3 is 15.1 Å². The van der Waals surface area contributed by atoms with E-state index in [1.807, 2.05) is 9.80 Å². The molecule has 198 valence electrons.